The molecule has 0 saturated carbocycles. The Balaban J connectivity index is 3.28. The van der Waals surface area contributed by atoms with Crippen molar-refractivity contribution < 1.29 is 24.5 Å². The number of rotatable bonds is 4. The second-order valence-corrected chi connectivity index (χ2v) is 4.01. The lowest BCUT2D eigenvalue weighted by Crippen LogP contribution is -2.17. The molecule has 5 nitrogen and oxygen atoms in total. The third-order valence-corrected chi connectivity index (χ3v) is 2.81. The highest BCUT2D eigenvalue weighted by atomic mass is 35.5. The van der Waals surface area contributed by atoms with Gasteiger partial charge >= 0.3 is 5.97 Å². The third-order valence-electron chi connectivity index (χ3n) is 2.43. The van der Waals surface area contributed by atoms with E-state index in [1.807, 2.05) is 0 Å². The van der Waals surface area contributed by atoms with Gasteiger partial charge in [-0.3, -0.25) is 0 Å². The molecule has 18 heavy (non-hydrogen) atoms. The number of aliphatic hydroxyl groups excluding tert-OH is 1. The highest BCUT2D eigenvalue weighted by Crippen LogP contribution is 2.41. The van der Waals surface area contributed by atoms with E-state index in [0.29, 0.717) is 5.56 Å². The number of aliphatic hydroxyl groups is 1. The molecule has 0 saturated heterocycles. The van der Waals surface area contributed by atoms with Crippen molar-refractivity contribution in [3.63, 3.8) is 0 Å². The van der Waals surface area contributed by atoms with Gasteiger partial charge in [0.25, 0.3) is 0 Å². The minimum absolute atomic E-state index is 0.00412. The van der Waals surface area contributed by atoms with Gasteiger partial charge in [0, 0.05) is 5.56 Å². The van der Waals surface area contributed by atoms with Crippen LogP contribution in [-0.4, -0.2) is 29.9 Å². The van der Waals surface area contributed by atoms with Crippen molar-refractivity contribution in [1.82, 2.24) is 0 Å². The fraction of sp³-hybridized carbons (Fsp3) is 0.417. The lowest BCUT2D eigenvalue weighted by molar-refractivity contribution is -0.153. The maximum atomic E-state index is 11.5. The lowest BCUT2D eigenvalue weighted by atomic mass is 10.0. The molecule has 1 unspecified atom stereocenters. The van der Waals surface area contributed by atoms with Crippen molar-refractivity contribution in [3.8, 4) is 11.5 Å². The topological polar surface area (TPSA) is 76.0 Å². The summed E-state index contributed by atoms with van der Waals surface area (Å²) in [5, 5.41) is 19.5. The van der Waals surface area contributed by atoms with E-state index in [9.17, 15) is 15.0 Å². The van der Waals surface area contributed by atoms with Gasteiger partial charge in [0.1, 0.15) is 0 Å². The van der Waals surface area contributed by atoms with Gasteiger partial charge in [-0.25, -0.2) is 4.79 Å². The molecular weight excluding hydrogens is 260 g/mol. The van der Waals surface area contributed by atoms with Gasteiger partial charge in [-0.05, 0) is 25.5 Å². The molecule has 0 aliphatic rings. The number of carbonyl (C=O) groups excluding carboxylic acids is 1. The Morgan fingerprint density at radius 3 is 2.67 bits per heavy atom. The van der Waals surface area contributed by atoms with E-state index in [4.69, 9.17) is 21.1 Å². The van der Waals surface area contributed by atoms with Crippen molar-refractivity contribution in [2.45, 2.75) is 20.0 Å². The third kappa shape index (κ3) is 2.68. The first-order valence-electron chi connectivity index (χ1n) is 5.34. The van der Waals surface area contributed by atoms with E-state index in [2.05, 4.69) is 0 Å². The number of aryl methyl sites for hydroxylation is 1. The molecule has 0 spiro atoms. The Labute approximate surface area is 110 Å². The predicted molar refractivity (Wildman–Crippen MR) is 66.0 cm³/mol. The molecule has 1 rings (SSSR count). The number of phenolic OH excluding ortho intramolecular Hbond substituents is 1. The van der Waals surface area contributed by atoms with E-state index in [1.54, 1.807) is 13.8 Å². The largest absolute Gasteiger partial charge is 0.504 e. The molecule has 100 valence electrons. The van der Waals surface area contributed by atoms with Gasteiger partial charge in [0.2, 0.25) is 0 Å². The van der Waals surface area contributed by atoms with Crippen molar-refractivity contribution in [3.05, 3.63) is 22.2 Å². The number of ether oxygens (including phenoxy) is 2. The average Bonchev–Trinajstić information content (AvgIpc) is 2.29. The molecule has 1 atom stereocenters. The van der Waals surface area contributed by atoms with Crippen molar-refractivity contribution >= 4 is 17.6 Å². The van der Waals surface area contributed by atoms with Gasteiger partial charge in [0.15, 0.2) is 17.6 Å². The zero-order chi connectivity index (χ0) is 13.9. The molecule has 0 fully saturated rings. The maximum Gasteiger partial charge on any atom is 0.339 e. The second-order valence-electron chi connectivity index (χ2n) is 3.63. The number of esters is 1. The van der Waals surface area contributed by atoms with E-state index in [-0.39, 0.29) is 28.7 Å². The number of carbonyl (C=O) groups is 1. The Bertz CT molecular complexity index is 458. The van der Waals surface area contributed by atoms with Crippen LogP contribution in [0.15, 0.2) is 6.07 Å². The van der Waals surface area contributed by atoms with Crippen LogP contribution in [0, 0.1) is 6.92 Å². The number of benzene rings is 1. The van der Waals surface area contributed by atoms with E-state index in [1.165, 1.54) is 13.2 Å². The standard InChI is InChI=1S/C12H15ClO5/c1-4-18-12(16)10(15)8-6(2)5-7(14)11(17-3)9(8)13/h5,10,14-15H,4H2,1-3H3. The molecule has 0 bridgehead atoms. The average molecular weight is 275 g/mol. The molecule has 6 heteroatoms. The predicted octanol–water partition coefficient (Wildman–Crippen LogP) is 1.96. The first-order chi connectivity index (χ1) is 8.43. The van der Waals surface area contributed by atoms with Crippen LogP contribution in [0.25, 0.3) is 0 Å². The molecule has 0 amide bonds. The van der Waals surface area contributed by atoms with Crippen LogP contribution < -0.4 is 4.74 Å². The van der Waals surface area contributed by atoms with Crippen molar-refractivity contribution in [2.24, 2.45) is 0 Å². The van der Waals surface area contributed by atoms with Crippen LogP contribution in [-0.2, 0) is 9.53 Å². The van der Waals surface area contributed by atoms with Crippen LogP contribution in [0.2, 0.25) is 5.02 Å². The molecule has 2 N–H and O–H groups in total. The van der Waals surface area contributed by atoms with E-state index < -0.39 is 12.1 Å². The minimum atomic E-state index is -1.51. The molecule has 0 radical (unpaired) electrons. The first-order valence-corrected chi connectivity index (χ1v) is 5.72. The lowest BCUT2D eigenvalue weighted by Gasteiger charge is -2.17. The second kappa shape index (κ2) is 5.93. The maximum absolute atomic E-state index is 11.5. The summed E-state index contributed by atoms with van der Waals surface area (Å²) in [6, 6.07) is 1.36. The summed E-state index contributed by atoms with van der Waals surface area (Å²) in [5.41, 5.74) is 0.642. The minimum Gasteiger partial charge on any atom is -0.504 e. The van der Waals surface area contributed by atoms with E-state index >= 15 is 0 Å². The number of hydrogen-bond acceptors (Lipinski definition) is 5. The van der Waals surface area contributed by atoms with Crippen LogP contribution in [0.4, 0.5) is 0 Å². The smallest absolute Gasteiger partial charge is 0.339 e. The number of aromatic hydroxyl groups is 1. The fourth-order valence-corrected chi connectivity index (χ4v) is 2.05. The SMILES string of the molecule is CCOC(=O)C(O)c1c(C)cc(O)c(OC)c1Cl. The summed E-state index contributed by atoms with van der Waals surface area (Å²) >= 11 is 6.01. The highest BCUT2D eigenvalue weighted by molar-refractivity contribution is 6.33. The van der Waals surface area contributed by atoms with Crippen LogP contribution in [0.1, 0.15) is 24.2 Å². The van der Waals surface area contributed by atoms with Crippen molar-refractivity contribution in [1.29, 1.82) is 0 Å². The molecule has 1 aromatic carbocycles. The van der Waals surface area contributed by atoms with Gasteiger partial charge < -0.3 is 19.7 Å². The molecule has 1 aromatic rings. The first kappa shape index (κ1) is 14.6. The van der Waals surface area contributed by atoms with Crippen molar-refractivity contribution in [2.75, 3.05) is 13.7 Å². The number of methoxy groups -OCH3 is 1. The van der Waals surface area contributed by atoms with E-state index in [0.717, 1.165) is 0 Å². The summed E-state index contributed by atoms with van der Waals surface area (Å²) < 4.78 is 9.64. The number of halogens is 1. The zero-order valence-corrected chi connectivity index (χ0v) is 11.1. The summed E-state index contributed by atoms with van der Waals surface area (Å²) in [6.07, 6.45) is -1.51. The summed E-state index contributed by atoms with van der Waals surface area (Å²) in [5.74, 6) is -0.935. The molecule has 0 aliphatic heterocycles. The Kier molecular flexibility index (Phi) is 4.81. The summed E-state index contributed by atoms with van der Waals surface area (Å²) in [7, 11) is 1.33. The van der Waals surface area contributed by atoms with Gasteiger partial charge in [-0.15, -0.1) is 0 Å². The normalized spacial score (nSPS) is 12.1. The molecule has 0 heterocycles. The molecular formula is C12H15ClO5. The van der Waals surface area contributed by atoms with Crippen LogP contribution >= 0.6 is 11.6 Å². The number of hydrogen-bond donors (Lipinski definition) is 2. The monoisotopic (exact) mass is 274 g/mol. The van der Waals surface area contributed by atoms with Gasteiger partial charge in [-0.2, -0.15) is 0 Å². The summed E-state index contributed by atoms with van der Waals surface area (Å²) in [6.45, 7) is 3.40. The summed E-state index contributed by atoms with van der Waals surface area (Å²) in [4.78, 5) is 11.5. The number of phenols is 1. The van der Waals surface area contributed by atoms with Crippen LogP contribution in [0.3, 0.4) is 0 Å². The Morgan fingerprint density at radius 1 is 1.56 bits per heavy atom. The zero-order valence-electron chi connectivity index (χ0n) is 10.4. The van der Waals surface area contributed by atoms with Gasteiger partial charge in [0.05, 0.1) is 18.7 Å². The quantitative estimate of drug-likeness (QED) is 0.821. The molecule has 0 aliphatic carbocycles. The Hall–Kier alpha value is -1.46. The molecule has 0 aromatic heterocycles. The van der Waals surface area contributed by atoms with Gasteiger partial charge in [-0.1, -0.05) is 11.6 Å². The highest BCUT2D eigenvalue weighted by Gasteiger charge is 2.26. The fourth-order valence-electron chi connectivity index (χ4n) is 1.63. The Morgan fingerprint density at radius 2 is 2.17 bits per heavy atom. The van der Waals surface area contributed by atoms with Crippen LogP contribution in [0.5, 0.6) is 11.5 Å².